The van der Waals surface area contributed by atoms with Crippen LogP contribution >= 0.6 is 27.7 Å². The number of hydrogen-bond acceptors (Lipinski definition) is 6. The van der Waals surface area contributed by atoms with E-state index in [1.807, 2.05) is 0 Å². The van der Waals surface area contributed by atoms with E-state index in [4.69, 9.17) is 4.74 Å². The van der Waals surface area contributed by atoms with Gasteiger partial charge in [-0.1, -0.05) is 17.8 Å². The number of rotatable bonds is 10. The van der Waals surface area contributed by atoms with Gasteiger partial charge in [-0.15, -0.1) is 10.2 Å². The molecule has 3 rings (SSSR count). The highest BCUT2D eigenvalue weighted by Gasteiger charge is 2.31. The van der Waals surface area contributed by atoms with Crippen molar-refractivity contribution in [2.24, 2.45) is 0 Å². The Balaban J connectivity index is 1.86. The molecule has 1 heterocycles. The number of Topliss-reactive ketones (excluding diaryl/α,β-unsaturated/α-hetero) is 1. The van der Waals surface area contributed by atoms with Crippen molar-refractivity contribution in [1.82, 2.24) is 20.1 Å². The van der Waals surface area contributed by atoms with Crippen molar-refractivity contribution in [3.63, 3.8) is 0 Å². The predicted octanol–water partition coefficient (Wildman–Crippen LogP) is 5.10. The number of carbonyl (C=O) groups is 2. The molecule has 35 heavy (non-hydrogen) atoms. The summed E-state index contributed by atoms with van der Waals surface area (Å²) in [5.41, 5.74) is -0.115. The van der Waals surface area contributed by atoms with Crippen molar-refractivity contribution in [2.75, 3.05) is 19.4 Å². The second kappa shape index (κ2) is 11.7. The van der Waals surface area contributed by atoms with Gasteiger partial charge in [0.05, 0.1) is 22.9 Å². The zero-order chi connectivity index (χ0) is 25.6. The van der Waals surface area contributed by atoms with Crippen molar-refractivity contribution in [2.45, 2.75) is 31.1 Å². The molecule has 0 atom stereocenters. The van der Waals surface area contributed by atoms with Crippen LogP contribution in [0.5, 0.6) is 5.75 Å². The molecule has 0 aliphatic rings. The maximum atomic E-state index is 13.3. The summed E-state index contributed by atoms with van der Waals surface area (Å²) in [4.78, 5) is 23.9. The maximum absolute atomic E-state index is 13.3. The summed E-state index contributed by atoms with van der Waals surface area (Å²) in [6.07, 6.45) is -3.63. The van der Waals surface area contributed by atoms with Crippen LogP contribution in [-0.4, -0.2) is 45.9 Å². The molecule has 12 heteroatoms. The van der Waals surface area contributed by atoms with E-state index in [1.165, 1.54) is 30.7 Å². The normalized spacial score (nSPS) is 11.4. The molecule has 186 valence electrons. The second-order valence-corrected chi connectivity index (χ2v) is 9.23. The monoisotopic (exact) mass is 570 g/mol. The van der Waals surface area contributed by atoms with Crippen molar-refractivity contribution >= 4 is 39.4 Å². The van der Waals surface area contributed by atoms with E-state index in [2.05, 4.69) is 31.4 Å². The van der Waals surface area contributed by atoms with Gasteiger partial charge in [-0.3, -0.25) is 14.2 Å². The van der Waals surface area contributed by atoms with Gasteiger partial charge in [0, 0.05) is 31.1 Å². The van der Waals surface area contributed by atoms with Crippen LogP contribution in [0.25, 0.3) is 5.69 Å². The van der Waals surface area contributed by atoms with Crippen LogP contribution in [0.15, 0.2) is 52.1 Å². The Morgan fingerprint density at radius 3 is 2.60 bits per heavy atom. The molecule has 0 aliphatic heterocycles. The number of nitrogens with one attached hydrogen (secondary N) is 1. The molecule has 0 bridgehead atoms. The molecule has 0 fully saturated rings. The molecule has 0 saturated heterocycles. The Kier molecular flexibility index (Phi) is 8.95. The molecule has 0 saturated carbocycles. The Morgan fingerprint density at radius 1 is 1.17 bits per heavy atom. The molecule has 7 nitrogen and oxygen atoms in total. The van der Waals surface area contributed by atoms with Crippen molar-refractivity contribution < 1.29 is 27.5 Å². The molecule has 1 aromatic heterocycles. The van der Waals surface area contributed by atoms with Crippen LogP contribution in [0.4, 0.5) is 13.2 Å². The van der Waals surface area contributed by atoms with Gasteiger partial charge in [0.2, 0.25) is 5.91 Å². The number of alkyl halides is 3. The number of nitrogens with zero attached hydrogens (tertiary/aromatic N) is 3. The first-order valence-electron chi connectivity index (χ1n) is 10.5. The number of benzene rings is 2. The molecule has 0 spiro atoms. The number of amides is 1. The maximum Gasteiger partial charge on any atom is 0.416 e. The molecule has 2 aromatic carbocycles. The molecule has 0 radical (unpaired) electrons. The Morgan fingerprint density at radius 2 is 1.94 bits per heavy atom. The summed E-state index contributed by atoms with van der Waals surface area (Å²) >= 11 is 4.43. The molecule has 3 aromatic rings. The van der Waals surface area contributed by atoms with E-state index in [0.29, 0.717) is 46.2 Å². The van der Waals surface area contributed by atoms with E-state index in [1.54, 1.807) is 18.2 Å². The largest absolute Gasteiger partial charge is 0.496 e. The number of thioether (sulfide) groups is 1. The number of carbonyl (C=O) groups excluding carboxylic acids is 2. The predicted molar refractivity (Wildman–Crippen MR) is 129 cm³/mol. The minimum Gasteiger partial charge on any atom is -0.496 e. The lowest BCUT2D eigenvalue weighted by atomic mass is 10.1. The summed E-state index contributed by atoms with van der Waals surface area (Å²) in [7, 11) is 1.52. The van der Waals surface area contributed by atoms with Crippen LogP contribution in [0.2, 0.25) is 0 Å². The van der Waals surface area contributed by atoms with Crippen LogP contribution in [0.3, 0.4) is 0 Å². The van der Waals surface area contributed by atoms with Gasteiger partial charge in [-0.25, -0.2) is 0 Å². The van der Waals surface area contributed by atoms with E-state index < -0.39 is 11.7 Å². The minimum atomic E-state index is -4.51. The van der Waals surface area contributed by atoms with Gasteiger partial charge in [0.25, 0.3) is 0 Å². The highest BCUT2D eigenvalue weighted by molar-refractivity contribution is 9.10. The lowest BCUT2D eigenvalue weighted by Crippen LogP contribution is -2.21. The second-order valence-electron chi connectivity index (χ2n) is 7.43. The molecule has 0 aliphatic carbocycles. The average molecular weight is 571 g/mol. The average Bonchev–Trinajstić information content (AvgIpc) is 3.22. The van der Waals surface area contributed by atoms with Gasteiger partial charge in [-0.05, 0) is 58.7 Å². The Hall–Kier alpha value is -2.86. The van der Waals surface area contributed by atoms with Crippen molar-refractivity contribution in [3.8, 4) is 11.4 Å². The van der Waals surface area contributed by atoms with Gasteiger partial charge in [0.15, 0.2) is 10.9 Å². The zero-order valence-corrected chi connectivity index (χ0v) is 21.3. The third-order valence-corrected chi connectivity index (χ3v) is 6.44. The van der Waals surface area contributed by atoms with Crippen LogP contribution < -0.4 is 10.1 Å². The summed E-state index contributed by atoms with van der Waals surface area (Å²) < 4.78 is 47.3. The highest BCUT2D eigenvalue weighted by Crippen LogP contribution is 2.32. The number of hydrogen-bond donors (Lipinski definition) is 1. The van der Waals surface area contributed by atoms with Gasteiger partial charge in [-0.2, -0.15) is 13.2 Å². The number of aryl methyl sites for hydroxylation is 1. The third-order valence-electron chi connectivity index (χ3n) is 4.89. The van der Waals surface area contributed by atoms with E-state index in [9.17, 15) is 22.8 Å². The van der Waals surface area contributed by atoms with Crippen LogP contribution in [-0.2, 0) is 17.4 Å². The fourth-order valence-electron chi connectivity index (χ4n) is 3.20. The van der Waals surface area contributed by atoms with Gasteiger partial charge < -0.3 is 10.1 Å². The smallest absolute Gasteiger partial charge is 0.416 e. The topological polar surface area (TPSA) is 86.1 Å². The molecular formula is C23H22BrF3N4O3S. The van der Waals surface area contributed by atoms with E-state index in [-0.39, 0.29) is 23.1 Å². The molecular weight excluding hydrogens is 549 g/mol. The summed E-state index contributed by atoms with van der Waals surface area (Å²) in [6.45, 7) is 1.79. The quantitative estimate of drug-likeness (QED) is 0.207. The third kappa shape index (κ3) is 7.07. The SMILES string of the molecule is COc1ccc(C(=O)CSc2nnc(CCCNC(C)=O)n2-c2cccc(C(F)(F)F)c2)cc1Br. The summed E-state index contributed by atoms with van der Waals surface area (Å²) in [6, 6.07) is 9.80. The molecule has 1 N–H and O–H groups in total. The highest BCUT2D eigenvalue weighted by atomic mass is 79.9. The fraction of sp³-hybridized carbons (Fsp3) is 0.304. The number of ether oxygens (including phenoxy) is 1. The number of halogens is 4. The van der Waals surface area contributed by atoms with Crippen LogP contribution in [0.1, 0.15) is 35.1 Å². The van der Waals surface area contributed by atoms with Crippen LogP contribution in [0, 0.1) is 0 Å². The lowest BCUT2D eigenvalue weighted by Gasteiger charge is -2.13. The van der Waals surface area contributed by atoms with Gasteiger partial charge in [0.1, 0.15) is 11.6 Å². The lowest BCUT2D eigenvalue weighted by molar-refractivity contribution is -0.137. The number of methoxy groups -OCH3 is 1. The van der Waals surface area contributed by atoms with E-state index >= 15 is 0 Å². The zero-order valence-electron chi connectivity index (χ0n) is 18.9. The van der Waals surface area contributed by atoms with Crippen molar-refractivity contribution in [3.05, 3.63) is 63.9 Å². The Bertz CT molecular complexity index is 1220. The minimum absolute atomic E-state index is 0.00174. The first-order valence-corrected chi connectivity index (χ1v) is 12.2. The van der Waals surface area contributed by atoms with Gasteiger partial charge >= 0.3 is 6.18 Å². The first-order chi connectivity index (χ1) is 16.6. The number of ketones is 1. The summed E-state index contributed by atoms with van der Waals surface area (Å²) in [5, 5.41) is 11.3. The molecule has 0 unspecified atom stereocenters. The Labute approximate surface area is 212 Å². The fourth-order valence-corrected chi connectivity index (χ4v) is 4.61. The first kappa shape index (κ1) is 26.7. The molecule has 1 amide bonds. The van der Waals surface area contributed by atoms with Crippen molar-refractivity contribution in [1.29, 1.82) is 0 Å². The van der Waals surface area contributed by atoms with E-state index in [0.717, 1.165) is 23.9 Å². The summed E-state index contributed by atoms with van der Waals surface area (Å²) in [5.74, 6) is 0.648. The standard InChI is InChI=1S/C23H22BrF3N4O3S/c1-14(32)28-10-4-7-21-29-30-22(31(21)17-6-3-5-16(12-17)23(25,26)27)35-13-19(33)15-8-9-20(34-2)18(24)11-15/h3,5-6,8-9,11-12H,4,7,10,13H2,1-2H3,(H,28,32). The number of aromatic nitrogens is 3.